The van der Waals surface area contributed by atoms with Crippen LogP contribution in [0.25, 0.3) is 0 Å². The lowest BCUT2D eigenvalue weighted by Crippen LogP contribution is -2.51. The predicted octanol–water partition coefficient (Wildman–Crippen LogP) is 4.94. The second kappa shape index (κ2) is 13.2. The van der Waals surface area contributed by atoms with Gasteiger partial charge in [0.25, 0.3) is 0 Å². The van der Waals surface area contributed by atoms with Gasteiger partial charge in [0.1, 0.15) is 6.79 Å². The van der Waals surface area contributed by atoms with E-state index in [-0.39, 0.29) is 29.6 Å². The summed E-state index contributed by atoms with van der Waals surface area (Å²) in [5.74, 6) is 0.287. The van der Waals surface area contributed by atoms with Crippen molar-refractivity contribution in [2.45, 2.75) is 39.6 Å². The van der Waals surface area contributed by atoms with Crippen molar-refractivity contribution in [2.24, 2.45) is 16.7 Å². The Bertz CT molecular complexity index is 1050. The fraction of sp³-hybridized carbons (Fsp3) is 0.438. The molecule has 38 heavy (non-hydrogen) atoms. The molecule has 0 spiro atoms. The van der Waals surface area contributed by atoms with Crippen molar-refractivity contribution in [2.75, 3.05) is 34.2 Å². The average molecular weight is 535 g/mol. The molecule has 6 heteroatoms. The van der Waals surface area contributed by atoms with Gasteiger partial charge in [0, 0.05) is 25.2 Å². The van der Waals surface area contributed by atoms with Crippen molar-refractivity contribution in [3.8, 4) is 0 Å². The highest BCUT2D eigenvalue weighted by molar-refractivity contribution is 6.80. The van der Waals surface area contributed by atoms with Gasteiger partial charge in [-0.1, -0.05) is 112 Å². The molecular weight excluding hydrogens is 492 g/mol. The smallest absolute Gasteiger partial charge is 0.240 e. The lowest BCUT2D eigenvalue weighted by Gasteiger charge is -2.36. The maximum absolute atomic E-state index is 7.26. The van der Waals surface area contributed by atoms with Crippen LogP contribution < -0.4 is 10.4 Å². The fourth-order valence-electron chi connectivity index (χ4n) is 5.32. The van der Waals surface area contributed by atoms with Crippen molar-refractivity contribution in [1.29, 1.82) is 0 Å². The summed E-state index contributed by atoms with van der Waals surface area (Å²) in [6.45, 7) is 8.17. The van der Waals surface area contributed by atoms with E-state index < -0.39 is 15.3 Å². The quantitative estimate of drug-likeness (QED) is 0.167. The van der Waals surface area contributed by atoms with Crippen LogP contribution in [0.5, 0.6) is 0 Å². The molecule has 4 atom stereocenters. The van der Waals surface area contributed by atoms with Gasteiger partial charge in [0.05, 0.1) is 19.3 Å². The van der Waals surface area contributed by atoms with Gasteiger partial charge in [0.15, 0.2) is 6.29 Å². The molecule has 5 nitrogen and oxygen atoms in total. The maximum Gasteiger partial charge on any atom is 0.240 e. The van der Waals surface area contributed by atoms with E-state index in [0.29, 0.717) is 13.2 Å². The lowest BCUT2D eigenvalue weighted by molar-refractivity contribution is -0.153. The minimum atomic E-state index is -1.94. The molecule has 0 aromatic heterocycles. The summed E-state index contributed by atoms with van der Waals surface area (Å²) >= 11 is 0. The number of ether oxygens (including phenoxy) is 4. The molecule has 1 aliphatic carbocycles. The molecule has 0 radical (unpaired) electrons. The van der Waals surface area contributed by atoms with Gasteiger partial charge in [-0.25, -0.2) is 0 Å². The Balaban J connectivity index is 1.59. The molecule has 1 fully saturated rings. The van der Waals surface area contributed by atoms with Gasteiger partial charge in [-0.05, 0) is 28.1 Å². The first-order valence-electron chi connectivity index (χ1n) is 13.4. The maximum atomic E-state index is 7.26. The Morgan fingerprint density at radius 2 is 1.37 bits per heavy atom. The zero-order valence-electron chi connectivity index (χ0n) is 23.3. The van der Waals surface area contributed by atoms with Gasteiger partial charge < -0.3 is 23.4 Å². The molecule has 4 rings (SSSR count). The molecule has 1 aliphatic rings. The molecule has 0 saturated heterocycles. The van der Waals surface area contributed by atoms with E-state index in [1.165, 1.54) is 10.4 Å². The molecule has 4 unspecified atom stereocenters. The molecule has 0 N–H and O–H groups in total. The van der Waals surface area contributed by atoms with E-state index >= 15 is 0 Å². The van der Waals surface area contributed by atoms with Crippen LogP contribution in [0.4, 0.5) is 0 Å². The summed E-state index contributed by atoms with van der Waals surface area (Å²) in [4.78, 5) is 0. The van der Waals surface area contributed by atoms with Crippen LogP contribution in [0, 0.1) is 16.7 Å². The second-order valence-corrected chi connectivity index (χ2v) is 13.7. The molecule has 0 amide bonds. The number of rotatable bonds is 14. The normalized spacial score (nSPS) is 20.8. The van der Waals surface area contributed by atoms with Crippen molar-refractivity contribution >= 4 is 19.4 Å². The summed E-state index contributed by atoms with van der Waals surface area (Å²) in [6.07, 6.45) is 0.572. The van der Waals surface area contributed by atoms with E-state index in [1.54, 1.807) is 14.2 Å². The number of hydrogen-bond donors (Lipinski definition) is 0. The summed E-state index contributed by atoms with van der Waals surface area (Å²) in [7, 11) is 1.40. The van der Waals surface area contributed by atoms with Crippen LogP contribution in [-0.2, 0) is 23.4 Å². The molecule has 3 aromatic carbocycles. The van der Waals surface area contributed by atoms with Crippen LogP contribution in [0.1, 0.15) is 39.0 Å². The first kappa shape index (κ1) is 28.7. The van der Waals surface area contributed by atoms with Crippen LogP contribution in [0.15, 0.2) is 91.0 Å². The van der Waals surface area contributed by atoms with E-state index in [9.17, 15) is 0 Å². The Hall–Kier alpha value is -2.32. The Kier molecular flexibility index (Phi) is 9.93. The van der Waals surface area contributed by atoms with E-state index in [1.807, 2.05) is 30.3 Å². The molecule has 1 saturated carbocycles. The van der Waals surface area contributed by atoms with Crippen molar-refractivity contribution in [3.63, 3.8) is 0 Å². The van der Waals surface area contributed by atoms with Crippen LogP contribution >= 0.6 is 0 Å². The first-order valence-corrected chi connectivity index (χ1v) is 15.0. The van der Waals surface area contributed by atoms with Gasteiger partial charge in [-0.3, -0.25) is 0 Å². The summed E-state index contributed by atoms with van der Waals surface area (Å²) < 4.78 is 30.6. The lowest BCUT2D eigenvalue weighted by atomic mass is 9.83. The van der Waals surface area contributed by atoms with Gasteiger partial charge >= 0.3 is 0 Å². The highest BCUT2D eigenvalue weighted by Gasteiger charge is 2.61. The van der Waals surface area contributed by atoms with E-state index in [2.05, 4.69) is 81.4 Å². The summed E-state index contributed by atoms with van der Waals surface area (Å²) in [5, 5.41) is 2.57. The zero-order chi connectivity index (χ0) is 27.0. The predicted molar refractivity (Wildman–Crippen MR) is 154 cm³/mol. The Morgan fingerprint density at radius 3 is 1.87 bits per heavy atom. The van der Waals surface area contributed by atoms with E-state index in [4.69, 9.17) is 23.4 Å². The summed E-state index contributed by atoms with van der Waals surface area (Å²) in [6, 6.07) is 31.5. The zero-order valence-corrected chi connectivity index (χ0v) is 24.5. The summed E-state index contributed by atoms with van der Waals surface area (Å²) in [5.41, 5.74) is 0.765. The SMILES string of the molecule is COCOCC1(COC(OC)c2ccccc2)CC1C(O[SiH](c1ccccc1)c1ccccc1)C(C)(C)C. The molecule has 3 aromatic rings. The van der Waals surface area contributed by atoms with Crippen molar-refractivity contribution in [1.82, 2.24) is 0 Å². The minimum Gasteiger partial charge on any atom is -0.407 e. The van der Waals surface area contributed by atoms with Crippen molar-refractivity contribution in [3.05, 3.63) is 96.6 Å². The second-order valence-electron chi connectivity index (χ2n) is 11.3. The van der Waals surface area contributed by atoms with Gasteiger partial charge in [0.2, 0.25) is 9.04 Å². The monoisotopic (exact) mass is 534 g/mol. The number of benzene rings is 3. The van der Waals surface area contributed by atoms with Gasteiger partial charge in [-0.2, -0.15) is 0 Å². The average Bonchev–Trinajstić information content (AvgIpc) is 3.63. The number of methoxy groups -OCH3 is 2. The third-order valence-corrected chi connectivity index (χ3v) is 9.90. The van der Waals surface area contributed by atoms with Crippen molar-refractivity contribution < 1.29 is 23.4 Å². The third-order valence-electron chi connectivity index (χ3n) is 7.36. The molecular formula is C32H42O5Si. The largest absolute Gasteiger partial charge is 0.407 e. The van der Waals surface area contributed by atoms with Crippen LogP contribution in [0.3, 0.4) is 0 Å². The molecule has 0 heterocycles. The topological polar surface area (TPSA) is 46.2 Å². The molecule has 0 aliphatic heterocycles. The third kappa shape index (κ3) is 7.20. The molecule has 204 valence electrons. The fourth-order valence-corrected chi connectivity index (χ4v) is 8.05. The Morgan fingerprint density at radius 1 is 0.816 bits per heavy atom. The van der Waals surface area contributed by atoms with Crippen LogP contribution in [-0.4, -0.2) is 49.4 Å². The first-order chi connectivity index (χ1) is 18.4. The van der Waals surface area contributed by atoms with E-state index in [0.717, 1.165) is 12.0 Å². The van der Waals surface area contributed by atoms with Crippen LogP contribution in [0.2, 0.25) is 0 Å². The highest BCUT2D eigenvalue weighted by atomic mass is 28.3. The minimum absolute atomic E-state index is 0.0343. The standard InChI is InChI=1S/C32H42O5Si/c1-31(2,3)29(37-38(26-17-11-7-12-18-26)27-19-13-8-14-20-27)28-21-32(28,22-35-24-33-4)23-36-30(34-5)25-15-9-6-10-16-25/h6-20,28-30,38H,21-24H2,1-5H3. The Labute approximate surface area is 229 Å². The number of hydrogen-bond acceptors (Lipinski definition) is 5. The molecule has 0 bridgehead atoms. The highest BCUT2D eigenvalue weighted by Crippen LogP contribution is 2.59. The van der Waals surface area contributed by atoms with Gasteiger partial charge in [-0.15, -0.1) is 0 Å².